The van der Waals surface area contributed by atoms with Crippen molar-refractivity contribution in [3.63, 3.8) is 0 Å². The van der Waals surface area contributed by atoms with Gasteiger partial charge in [-0.25, -0.2) is 4.98 Å². The van der Waals surface area contributed by atoms with Crippen LogP contribution in [-0.4, -0.2) is 9.97 Å². The molecule has 0 spiro atoms. The number of fused-ring (bicyclic) bond motifs is 1. The van der Waals surface area contributed by atoms with Crippen LogP contribution in [-0.2, 0) is 0 Å². The van der Waals surface area contributed by atoms with Crippen LogP contribution in [0.3, 0.4) is 0 Å². The van der Waals surface area contributed by atoms with Gasteiger partial charge in [0.25, 0.3) is 0 Å². The Labute approximate surface area is 115 Å². The molecule has 0 aliphatic carbocycles. The average molecular weight is 254 g/mol. The van der Waals surface area contributed by atoms with Gasteiger partial charge in [-0.05, 0) is 10.8 Å². The molecule has 0 radical (unpaired) electrons. The molecule has 0 amide bonds. The highest BCUT2D eigenvalue weighted by Gasteiger charge is 1.85. The van der Waals surface area contributed by atoms with E-state index in [4.69, 9.17) is 0 Å². The van der Waals surface area contributed by atoms with Crippen molar-refractivity contribution < 1.29 is 0 Å². The Bertz CT molecular complexity index is 445. The second-order valence-electron chi connectivity index (χ2n) is 4.11. The Morgan fingerprint density at radius 1 is 0.842 bits per heavy atom. The molecule has 0 aliphatic heterocycles. The molecule has 1 N–H and O–H groups in total. The summed E-state index contributed by atoms with van der Waals surface area (Å²) < 4.78 is 0. The highest BCUT2D eigenvalue weighted by Crippen LogP contribution is 2.11. The fraction of sp³-hybridized carbons (Fsp3) is 0.235. The molecule has 0 atom stereocenters. The Balaban J connectivity index is 0.000000169. The lowest BCUT2D eigenvalue weighted by atomic mass is 10.1. The second-order valence-corrected chi connectivity index (χ2v) is 4.11. The normalized spacial score (nSPS) is 8.95. The van der Waals surface area contributed by atoms with E-state index >= 15 is 0 Å². The minimum Gasteiger partial charge on any atom is -0.351 e. The van der Waals surface area contributed by atoms with Gasteiger partial charge in [0.1, 0.15) is 0 Å². The Morgan fingerprint density at radius 3 is 1.53 bits per heavy atom. The summed E-state index contributed by atoms with van der Waals surface area (Å²) in [5.41, 5.74) is 0. The topological polar surface area (TPSA) is 28.7 Å². The Hall–Kier alpha value is -2.09. The Morgan fingerprint density at radius 2 is 1.32 bits per heavy atom. The highest BCUT2D eigenvalue weighted by molar-refractivity contribution is 5.81. The number of rotatable bonds is 1. The first-order chi connectivity index (χ1) is 9.38. The molecule has 2 heteroatoms. The van der Waals surface area contributed by atoms with E-state index in [1.807, 2.05) is 0 Å². The van der Waals surface area contributed by atoms with E-state index in [2.05, 4.69) is 72.3 Å². The van der Waals surface area contributed by atoms with Crippen LogP contribution < -0.4 is 0 Å². The summed E-state index contributed by atoms with van der Waals surface area (Å²) in [6.45, 7) is 4.36. The monoisotopic (exact) mass is 254 g/mol. The molecule has 0 saturated carbocycles. The molecular formula is C17H22N2. The number of nitrogens with one attached hydrogen (secondary N) is 1. The van der Waals surface area contributed by atoms with Crippen LogP contribution in [0.15, 0.2) is 67.3 Å². The van der Waals surface area contributed by atoms with Crippen molar-refractivity contribution in [1.82, 2.24) is 9.97 Å². The third kappa shape index (κ3) is 6.41. The zero-order valence-electron chi connectivity index (χ0n) is 11.7. The van der Waals surface area contributed by atoms with Gasteiger partial charge in [0.15, 0.2) is 0 Å². The van der Waals surface area contributed by atoms with Crippen molar-refractivity contribution in [1.29, 1.82) is 0 Å². The van der Waals surface area contributed by atoms with E-state index in [1.165, 1.54) is 23.6 Å². The number of imidazole rings is 1. The summed E-state index contributed by atoms with van der Waals surface area (Å²) in [6.07, 6.45) is 7.72. The largest absolute Gasteiger partial charge is 0.351 e. The van der Waals surface area contributed by atoms with E-state index < -0.39 is 0 Å². The number of benzene rings is 2. The fourth-order valence-corrected chi connectivity index (χ4v) is 1.35. The molecule has 0 saturated heterocycles. The number of hydrogen-bond donors (Lipinski definition) is 1. The summed E-state index contributed by atoms with van der Waals surface area (Å²) >= 11 is 0. The molecule has 2 aromatic carbocycles. The molecule has 1 aromatic heterocycles. The molecule has 0 unspecified atom stereocenters. The summed E-state index contributed by atoms with van der Waals surface area (Å²) in [5.74, 6) is 0. The van der Waals surface area contributed by atoms with Crippen molar-refractivity contribution >= 4 is 10.8 Å². The molecule has 1 heterocycles. The van der Waals surface area contributed by atoms with Crippen LogP contribution >= 0.6 is 0 Å². The lowest BCUT2D eigenvalue weighted by Crippen LogP contribution is -1.67. The van der Waals surface area contributed by atoms with Gasteiger partial charge < -0.3 is 4.98 Å². The number of aromatic amines is 1. The molecular weight excluding hydrogens is 232 g/mol. The number of hydrogen-bond acceptors (Lipinski definition) is 1. The average Bonchev–Trinajstić information content (AvgIpc) is 3.07. The summed E-state index contributed by atoms with van der Waals surface area (Å²) in [7, 11) is 0. The van der Waals surface area contributed by atoms with Crippen molar-refractivity contribution in [2.24, 2.45) is 0 Å². The molecule has 19 heavy (non-hydrogen) atoms. The van der Waals surface area contributed by atoms with Gasteiger partial charge in [-0.3, -0.25) is 0 Å². The lowest BCUT2D eigenvalue weighted by Gasteiger charge is -1.92. The van der Waals surface area contributed by atoms with E-state index in [9.17, 15) is 0 Å². The number of aromatic nitrogens is 2. The summed E-state index contributed by atoms with van der Waals surface area (Å²) in [4.78, 5) is 6.42. The molecule has 0 fully saturated rings. The maximum atomic E-state index is 3.67. The van der Waals surface area contributed by atoms with E-state index in [0.29, 0.717) is 0 Å². The quantitative estimate of drug-likeness (QED) is 0.646. The minimum absolute atomic E-state index is 1.31. The van der Waals surface area contributed by atoms with Crippen LogP contribution in [0.25, 0.3) is 10.8 Å². The molecule has 3 rings (SSSR count). The molecule has 0 bridgehead atoms. The van der Waals surface area contributed by atoms with Crippen LogP contribution in [0.5, 0.6) is 0 Å². The fourth-order valence-electron chi connectivity index (χ4n) is 1.35. The van der Waals surface area contributed by atoms with Gasteiger partial charge in [-0.2, -0.15) is 0 Å². The predicted octanol–water partition coefficient (Wildman–Crippen LogP) is 5.06. The minimum atomic E-state index is 1.31. The third-order valence-electron chi connectivity index (χ3n) is 2.56. The molecule has 3 aromatic rings. The molecule has 100 valence electrons. The predicted molar refractivity (Wildman–Crippen MR) is 83.1 cm³/mol. The third-order valence-corrected chi connectivity index (χ3v) is 2.56. The SMILES string of the molecule is CCCC.c1c[nH]cn1.c1ccc2ccccc2c1. The smallest absolute Gasteiger partial charge is 0.0919 e. The van der Waals surface area contributed by atoms with Crippen molar-refractivity contribution in [3.05, 3.63) is 67.3 Å². The van der Waals surface area contributed by atoms with Gasteiger partial charge >= 0.3 is 0 Å². The standard InChI is InChI=1S/C10H8.C4H10.C3H4N2/c1-2-6-10-8-4-3-7-9(10)5-1;1-3-4-2;1-2-5-3-4-1/h1-8H;3-4H2,1-2H3;1-3H,(H,4,5). The maximum Gasteiger partial charge on any atom is 0.0919 e. The number of unbranched alkanes of at least 4 members (excludes halogenated alkanes) is 1. The van der Waals surface area contributed by atoms with Crippen molar-refractivity contribution in [3.8, 4) is 0 Å². The van der Waals surface area contributed by atoms with Gasteiger partial charge in [-0.1, -0.05) is 75.2 Å². The van der Waals surface area contributed by atoms with E-state index in [1.54, 1.807) is 18.7 Å². The molecule has 2 nitrogen and oxygen atoms in total. The first-order valence-electron chi connectivity index (χ1n) is 6.75. The van der Waals surface area contributed by atoms with E-state index in [-0.39, 0.29) is 0 Å². The van der Waals surface area contributed by atoms with Crippen LogP contribution in [0.1, 0.15) is 26.7 Å². The molecule has 0 aliphatic rings. The summed E-state index contributed by atoms with van der Waals surface area (Å²) in [6, 6.07) is 16.7. The van der Waals surface area contributed by atoms with Gasteiger partial charge in [-0.15, -0.1) is 0 Å². The van der Waals surface area contributed by atoms with Crippen molar-refractivity contribution in [2.75, 3.05) is 0 Å². The van der Waals surface area contributed by atoms with E-state index in [0.717, 1.165) is 0 Å². The van der Waals surface area contributed by atoms with Gasteiger partial charge in [0, 0.05) is 12.4 Å². The first-order valence-corrected chi connectivity index (χ1v) is 6.75. The van der Waals surface area contributed by atoms with Crippen LogP contribution in [0.2, 0.25) is 0 Å². The maximum absolute atomic E-state index is 3.67. The zero-order chi connectivity index (χ0) is 13.8. The van der Waals surface area contributed by atoms with Gasteiger partial charge in [0.05, 0.1) is 6.33 Å². The Kier molecular flexibility index (Phi) is 7.79. The number of H-pyrrole nitrogens is 1. The highest BCUT2D eigenvalue weighted by atomic mass is 14.8. The lowest BCUT2D eigenvalue weighted by molar-refractivity contribution is 0.886. The second kappa shape index (κ2) is 9.89. The zero-order valence-corrected chi connectivity index (χ0v) is 11.7. The first kappa shape index (κ1) is 15.0. The van der Waals surface area contributed by atoms with Crippen molar-refractivity contribution in [2.45, 2.75) is 26.7 Å². The van der Waals surface area contributed by atoms with Gasteiger partial charge in [0.2, 0.25) is 0 Å². The number of nitrogens with zero attached hydrogens (tertiary/aromatic N) is 1. The summed E-state index contributed by atoms with van der Waals surface area (Å²) in [5, 5.41) is 2.62. The van der Waals surface area contributed by atoms with Crippen LogP contribution in [0.4, 0.5) is 0 Å². The van der Waals surface area contributed by atoms with Crippen LogP contribution in [0, 0.1) is 0 Å².